The van der Waals surface area contributed by atoms with Crippen LogP contribution in [0.3, 0.4) is 0 Å². The standard InChI is InChI=1S/C12H9FN2O2/c13-8-1-3-9(4-2-8)15-12(17)10-7-14-6-5-11(10)16/h1-4,6-7H,5H2,(H,15,17). The molecule has 0 aliphatic carbocycles. The van der Waals surface area contributed by atoms with E-state index < -0.39 is 5.91 Å². The number of halogens is 1. The van der Waals surface area contributed by atoms with Gasteiger partial charge in [0.1, 0.15) is 11.4 Å². The zero-order chi connectivity index (χ0) is 12.3. The van der Waals surface area contributed by atoms with Crippen LogP contribution in [-0.4, -0.2) is 17.9 Å². The molecule has 4 nitrogen and oxygen atoms in total. The molecule has 1 aliphatic rings. The number of nitrogens with one attached hydrogen (secondary N) is 1. The first-order valence-electron chi connectivity index (χ1n) is 4.99. The molecule has 86 valence electrons. The number of benzene rings is 1. The van der Waals surface area contributed by atoms with Gasteiger partial charge in [-0.3, -0.25) is 14.6 Å². The maximum Gasteiger partial charge on any atom is 0.260 e. The van der Waals surface area contributed by atoms with Gasteiger partial charge in [0.2, 0.25) is 0 Å². The Kier molecular flexibility index (Phi) is 3.09. The van der Waals surface area contributed by atoms with Crippen LogP contribution in [0.15, 0.2) is 41.0 Å². The van der Waals surface area contributed by atoms with Gasteiger partial charge in [-0.25, -0.2) is 4.39 Å². The van der Waals surface area contributed by atoms with E-state index in [1.54, 1.807) is 0 Å². The van der Waals surface area contributed by atoms with E-state index in [0.29, 0.717) is 5.69 Å². The van der Waals surface area contributed by atoms with Crippen LogP contribution in [-0.2, 0) is 9.59 Å². The van der Waals surface area contributed by atoms with Crippen molar-refractivity contribution in [1.82, 2.24) is 0 Å². The second kappa shape index (κ2) is 4.69. The van der Waals surface area contributed by atoms with Crippen LogP contribution in [0.1, 0.15) is 6.42 Å². The summed E-state index contributed by atoms with van der Waals surface area (Å²) in [5.74, 6) is -1.20. The fourth-order valence-corrected chi connectivity index (χ4v) is 1.36. The minimum Gasteiger partial charge on any atom is -0.322 e. The topological polar surface area (TPSA) is 58.5 Å². The molecule has 17 heavy (non-hydrogen) atoms. The Morgan fingerprint density at radius 2 is 2.00 bits per heavy atom. The van der Waals surface area contributed by atoms with Gasteiger partial charge >= 0.3 is 0 Å². The van der Waals surface area contributed by atoms with E-state index in [1.165, 1.54) is 36.7 Å². The lowest BCUT2D eigenvalue weighted by molar-refractivity contribution is -0.119. The Bertz CT molecular complexity index is 518. The quantitative estimate of drug-likeness (QED) is 0.789. The molecule has 0 atom stereocenters. The van der Waals surface area contributed by atoms with E-state index in [9.17, 15) is 14.0 Å². The van der Waals surface area contributed by atoms with Crippen molar-refractivity contribution in [2.24, 2.45) is 4.99 Å². The lowest BCUT2D eigenvalue weighted by Crippen LogP contribution is -2.22. The van der Waals surface area contributed by atoms with Crippen LogP contribution >= 0.6 is 0 Å². The Morgan fingerprint density at radius 3 is 2.65 bits per heavy atom. The molecule has 0 radical (unpaired) electrons. The fourth-order valence-electron chi connectivity index (χ4n) is 1.36. The number of aliphatic imine (C=N–C) groups is 1. The van der Waals surface area contributed by atoms with Crippen LogP contribution in [0, 0.1) is 5.82 Å². The normalized spacial score (nSPS) is 14.4. The average molecular weight is 232 g/mol. The van der Waals surface area contributed by atoms with Crippen molar-refractivity contribution in [1.29, 1.82) is 0 Å². The van der Waals surface area contributed by atoms with Crippen LogP contribution in [0.25, 0.3) is 0 Å². The van der Waals surface area contributed by atoms with Crippen LogP contribution in [0.5, 0.6) is 0 Å². The third kappa shape index (κ3) is 2.63. The van der Waals surface area contributed by atoms with E-state index in [1.807, 2.05) is 0 Å². The summed E-state index contributed by atoms with van der Waals surface area (Å²) in [7, 11) is 0. The summed E-state index contributed by atoms with van der Waals surface area (Å²) in [5.41, 5.74) is 0.441. The number of nitrogens with zero attached hydrogens (tertiary/aromatic N) is 1. The summed E-state index contributed by atoms with van der Waals surface area (Å²) >= 11 is 0. The molecule has 1 N–H and O–H groups in total. The molecule has 0 bridgehead atoms. The molecule has 0 unspecified atom stereocenters. The molecule has 0 saturated heterocycles. The van der Waals surface area contributed by atoms with E-state index in [4.69, 9.17) is 0 Å². The van der Waals surface area contributed by atoms with Crippen molar-refractivity contribution in [3.05, 3.63) is 41.9 Å². The molecule has 0 spiro atoms. The second-order valence-electron chi connectivity index (χ2n) is 3.46. The highest BCUT2D eigenvalue weighted by atomic mass is 19.1. The highest BCUT2D eigenvalue weighted by molar-refractivity contribution is 6.26. The summed E-state index contributed by atoms with van der Waals surface area (Å²) in [6.45, 7) is 0. The Morgan fingerprint density at radius 1 is 1.29 bits per heavy atom. The van der Waals surface area contributed by atoms with Crippen molar-refractivity contribution in [2.75, 3.05) is 5.32 Å². The van der Waals surface area contributed by atoms with Gasteiger partial charge in [-0.2, -0.15) is 0 Å². The van der Waals surface area contributed by atoms with E-state index in [0.717, 1.165) is 0 Å². The Balaban J connectivity index is 2.11. The molecule has 0 aromatic heterocycles. The third-order valence-electron chi connectivity index (χ3n) is 2.23. The molecule has 0 fully saturated rings. The summed E-state index contributed by atoms with van der Waals surface area (Å²) in [4.78, 5) is 26.9. The van der Waals surface area contributed by atoms with Gasteiger partial charge in [0.15, 0.2) is 5.78 Å². The molecule has 1 amide bonds. The first-order valence-corrected chi connectivity index (χ1v) is 4.99. The molecule has 1 aromatic rings. The highest BCUT2D eigenvalue weighted by Crippen LogP contribution is 2.12. The van der Waals surface area contributed by atoms with Gasteiger partial charge in [-0.15, -0.1) is 0 Å². The van der Waals surface area contributed by atoms with Crippen LogP contribution in [0.2, 0.25) is 0 Å². The van der Waals surface area contributed by atoms with Crippen molar-refractivity contribution in [3.63, 3.8) is 0 Å². The molecular formula is C12H9FN2O2. The minimum absolute atomic E-state index is 0.0109. The van der Waals surface area contributed by atoms with Gasteiger partial charge < -0.3 is 5.32 Å². The number of anilines is 1. The maximum absolute atomic E-state index is 12.6. The molecule has 0 saturated carbocycles. The summed E-state index contributed by atoms with van der Waals surface area (Å²) < 4.78 is 12.6. The monoisotopic (exact) mass is 232 g/mol. The van der Waals surface area contributed by atoms with Gasteiger partial charge in [0.05, 0.1) is 0 Å². The van der Waals surface area contributed by atoms with Gasteiger partial charge in [-0.1, -0.05) is 0 Å². The largest absolute Gasteiger partial charge is 0.322 e. The lowest BCUT2D eigenvalue weighted by atomic mass is 10.1. The molecular weight excluding hydrogens is 223 g/mol. The summed E-state index contributed by atoms with van der Waals surface area (Å²) in [6, 6.07) is 5.30. The van der Waals surface area contributed by atoms with Gasteiger partial charge in [0, 0.05) is 24.5 Å². The number of hydrogen-bond donors (Lipinski definition) is 1. The van der Waals surface area contributed by atoms with Crippen LogP contribution < -0.4 is 5.32 Å². The SMILES string of the molecule is O=C1CC=NC=C1C(=O)Nc1ccc(F)cc1. The van der Waals surface area contributed by atoms with E-state index >= 15 is 0 Å². The first kappa shape index (κ1) is 11.2. The van der Waals surface area contributed by atoms with Gasteiger partial charge in [-0.05, 0) is 24.3 Å². The molecule has 1 aromatic carbocycles. The molecule has 1 aliphatic heterocycles. The van der Waals surface area contributed by atoms with Crippen molar-refractivity contribution in [3.8, 4) is 0 Å². The predicted octanol–water partition coefficient (Wildman–Crippen LogP) is 1.69. The van der Waals surface area contributed by atoms with Crippen molar-refractivity contribution >= 4 is 23.6 Å². The predicted molar refractivity (Wildman–Crippen MR) is 61.2 cm³/mol. The van der Waals surface area contributed by atoms with E-state index in [-0.39, 0.29) is 23.6 Å². The Labute approximate surface area is 96.9 Å². The summed E-state index contributed by atoms with van der Waals surface area (Å²) in [6.07, 6.45) is 2.80. The number of carbonyl (C=O) groups is 2. The Hall–Kier alpha value is -2.30. The average Bonchev–Trinajstić information content (AvgIpc) is 2.32. The zero-order valence-corrected chi connectivity index (χ0v) is 8.81. The summed E-state index contributed by atoms with van der Waals surface area (Å²) in [5, 5.41) is 2.50. The van der Waals surface area contributed by atoms with Crippen LogP contribution in [0.4, 0.5) is 10.1 Å². The number of ketones is 1. The molecule has 5 heteroatoms. The van der Waals surface area contributed by atoms with E-state index in [2.05, 4.69) is 10.3 Å². The first-order chi connectivity index (χ1) is 8.16. The molecule has 1 heterocycles. The van der Waals surface area contributed by atoms with Crippen molar-refractivity contribution < 1.29 is 14.0 Å². The minimum atomic E-state index is -0.529. The van der Waals surface area contributed by atoms with Crippen molar-refractivity contribution in [2.45, 2.75) is 6.42 Å². The smallest absolute Gasteiger partial charge is 0.260 e. The number of amides is 1. The number of carbonyl (C=O) groups excluding carboxylic acids is 2. The van der Waals surface area contributed by atoms with Gasteiger partial charge in [0.25, 0.3) is 5.91 Å². The maximum atomic E-state index is 12.6. The lowest BCUT2D eigenvalue weighted by Gasteiger charge is -2.08. The second-order valence-corrected chi connectivity index (χ2v) is 3.46. The molecule has 2 rings (SSSR count). The highest BCUT2D eigenvalue weighted by Gasteiger charge is 2.19. The number of hydrogen-bond acceptors (Lipinski definition) is 3. The fraction of sp³-hybridized carbons (Fsp3) is 0.0833. The zero-order valence-electron chi connectivity index (χ0n) is 8.81. The number of rotatable bonds is 2. The number of Topliss-reactive ketones (excluding diaryl/α,β-unsaturated/α-hetero) is 1. The third-order valence-corrected chi connectivity index (χ3v) is 2.23.